The van der Waals surface area contributed by atoms with E-state index in [0.29, 0.717) is 18.3 Å². The minimum absolute atomic E-state index is 0.0347. The summed E-state index contributed by atoms with van der Waals surface area (Å²) in [7, 11) is 1.59. The normalized spacial score (nSPS) is 18.9. The highest BCUT2D eigenvalue weighted by Gasteiger charge is 2.32. The molecular weight excluding hydrogens is 290 g/mol. The maximum absolute atomic E-state index is 12.6. The quantitative estimate of drug-likeness (QED) is 0.868. The van der Waals surface area contributed by atoms with Gasteiger partial charge in [-0.3, -0.25) is 4.79 Å². The highest BCUT2D eigenvalue weighted by atomic mass is 32.1. The highest BCUT2D eigenvalue weighted by Crippen LogP contribution is 2.31. The van der Waals surface area contributed by atoms with E-state index < -0.39 is 0 Å². The number of carbonyl (C=O) groups excluding carboxylic acids is 1. The summed E-state index contributed by atoms with van der Waals surface area (Å²) in [5, 5.41) is 7.68. The number of ether oxygens (including phenoxy) is 1. The van der Waals surface area contributed by atoms with Crippen LogP contribution in [0.2, 0.25) is 0 Å². The Hall–Kier alpha value is -1.73. The molecular formula is C14H17N3O3S. The van der Waals surface area contributed by atoms with Crippen LogP contribution >= 0.6 is 11.3 Å². The molecule has 21 heavy (non-hydrogen) atoms. The largest absolute Gasteiger partial charge is 0.377 e. The Bertz CT molecular complexity index is 596. The Morgan fingerprint density at radius 3 is 3.24 bits per heavy atom. The molecule has 3 rings (SSSR count). The molecule has 0 radical (unpaired) electrons. The molecule has 1 amide bonds. The average molecular weight is 307 g/mol. The second-order valence-electron chi connectivity index (χ2n) is 5.00. The number of rotatable bonds is 4. The van der Waals surface area contributed by atoms with Crippen LogP contribution in [0.25, 0.3) is 0 Å². The topological polar surface area (TPSA) is 68.5 Å². The zero-order valence-corrected chi connectivity index (χ0v) is 12.6. The fraction of sp³-hybridized carbons (Fsp3) is 0.500. The van der Waals surface area contributed by atoms with Gasteiger partial charge in [-0.1, -0.05) is 5.16 Å². The van der Waals surface area contributed by atoms with E-state index >= 15 is 0 Å². The fourth-order valence-electron chi connectivity index (χ4n) is 2.57. The second kappa shape index (κ2) is 6.36. The molecule has 1 atom stereocenters. The second-order valence-corrected chi connectivity index (χ2v) is 5.78. The number of thiophene rings is 1. The molecule has 1 saturated heterocycles. The van der Waals surface area contributed by atoms with Gasteiger partial charge in [0.2, 0.25) is 5.89 Å². The van der Waals surface area contributed by atoms with E-state index in [1.807, 2.05) is 21.7 Å². The van der Waals surface area contributed by atoms with Crippen LogP contribution < -0.4 is 0 Å². The molecule has 2 aromatic heterocycles. The molecule has 112 valence electrons. The molecule has 1 unspecified atom stereocenters. The third kappa shape index (κ3) is 2.98. The first kappa shape index (κ1) is 14.2. The van der Waals surface area contributed by atoms with E-state index in [0.717, 1.165) is 31.4 Å². The number of methoxy groups -OCH3 is 1. The molecule has 7 heteroatoms. The summed E-state index contributed by atoms with van der Waals surface area (Å²) < 4.78 is 10.3. The summed E-state index contributed by atoms with van der Waals surface area (Å²) >= 11 is 1.52. The van der Waals surface area contributed by atoms with Crippen molar-refractivity contribution in [3.8, 4) is 0 Å². The van der Waals surface area contributed by atoms with Crippen molar-refractivity contribution in [2.24, 2.45) is 0 Å². The van der Waals surface area contributed by atoms with Crippen LogP contribution in [0.1, 0.15) is 47.4 Å². The predicted molar refractivity (Wildman–Crippen MR) is 77.0 cm³/mol. The van der Waals surface area contributed by atoms with Gasteiger partial charge in [-0.05, 0) is 30.7 Å². The van der Waals surface area contributed by atoms with Crippen molar-refractivity contribution in [2.45, 2.75) is 31.9 Å². The average Bonchev–Trinajstić information content (AvgIpc) is 3.18. The number of carbonyl (C=O) groups is 1. The lowest BCUT2D eigenvalue weighted by Crippen LogP contribution is -2.38. The molecule has 1 aliphatic heterocycles. The standard InChI is InChI=1S/C14H17N3O3S/c1-19-8-12-15-13(20-16-12)11-4-2-3-6-17(11)14(18)10-5-7-21-9-10/h5,7,9,11H,2-4,6,8H2,1H3. The first-order valence-corrected chi connectivity index (χ1v) is 7.88. The number of likely N-dealkylation sites (tertiary alicyclic amines) is 1. The number of piperidine rings is 1. The van der Waals surface area contributed by atoms with Crippen LogP contribution in [-0.2, 0) is 11.3 Å². The van der Waals surface area contributed by atoms with Gasteiger partial charge < -0.3 is 14.2 Å². The van der Waals surface area contributed by atoms with Gasteiger partial charge in [-0.2, -0.15) is 16.3 Å². The molecule has 0 saturated carbocycles. The SMILES string of the molecule is COCc1noc(C2CCCCN2C(=O)c2ccsc2)n1. The summed E-state index contributed by atoms with van der Waals surface area (Å²) in [6.07, 6.45) is 2.91. The van der Waals surface area contributed by atoms with Gasteiger partial charge in [0.1, 0.15) is 12.6 Å². The van der Waals surface area contributed by atoms with E-state index in [4.69, 9.17) is 9.26 Å². The Morgan fingerprint density at radius 1 is 1.57 bits per heavy atom. The van der Waals surface area contributed by atoms with Gasteiger partial charge in [0.15, 0.2) is 5.82 Å². The lowest BCUT2D eigenvalue weighted by Gasteiger charge is -2.33. The van der Waals surface area contributed by atoms with E-state index in [-0.39, 0.29) is 11.9 Å². The Labute approximate surface area is 126 Å². The van der Waals surface area contributed by atoms with Crippen molar-refractivity contribution in [2.75, 3.05) is 13.7 Å². The third-order valence-corrected chi connectivity index (χ3v) is 4.26. The van der Waals surface area contributed by atoms with Gasteiger partial charge in [0.05, 0.1) is 5.56 Å². The zero-order valence-electron chi connectivity index (χ0n) is 11.8. The Balaban J connectivity index is 1.82. The number of amides is 1. The molecule has 0 aromatic carbocycles. The predicted octanol–water partition coefficient (Wildman–Crippen LogP) is 2.64. The van der Waals surface area contributed by atoms with Crippen molar-refractivity contribution >= 4 is 17.2 Å². The van der Waals surface area contributed by atoms with E-state index in [1.54, 1.807) is 7.11 Å². The first-order valence-electron chi connectivity index (χ1n) is 6.94. The molecule has 6 nitrogen and oxygen atoms in total. The van der Waals surface area contributed by atoms with Gasteiger partial charge in [0, 0.05) is 19.0 Å². The monoisotopic (exact) mass is 307 g/mol. The van der Waals surface area contributed by atoms with Crippen LogP contribution in [0, 0.1) is 0 Å². The molecule has 1 aliphatic rings. The Morgan fingerprint density at radius 2 is 2.48 bits per heavy atom. The van der Waals surface area contributed by atoms with Crippen molar-refractivity contribution in [3.63, 3.8) is 0 Å². The molecule has 0 spiro atoms. The highest BCUT2D eigenvalue weighted by molar-refractivity contribution is 7.08. The molecule has 0 bridgehead atoms. The van der Waals surface area contributed by atoms with Crippen LogP contribution in [-0.4, -0.2) is 34.6 Å². The molecule has 0 N–H and O–H groups in total. The number of hydrogen-bond donors (Lipinski definition) is 0. The van der Waals surface area contributed by atoms with Crippen LogP contribution in [0.4, 0.5) is 0 Å². The van der Waals surface area contributed by atoms with E-state index in [1.165, 1.54) is 11.3 Å². The van der Waals surface area contributed by atoms with Crippen molar-refractivity contribution in [3.05, 3.63) is 34.1 Å². The van der Waals surface area contributed by atoms with Crippen LogP contribution in [0.5, 0.6) is 0 Å². The lowest BCUT2D eigenvalue weighted by molar-refractivity contribution is 0.0562. The van der Waals surface area contributed by atoms with E-state index in [9.17, 15) is 4.79 Å². The molecule has 0 aliphatic carbocycles. The van der Waals surface area contributed by atoms with Gasteiger partial charge in [0.25, 0.3) is 5.91 Å². The minimum atomic E-state index is -0.135. The van der Waals surface area contributed by atoms with Crippen molar-refractivity contribution in [1.29, 1.82) is 0 Å². The van der Waals surface area contributed by atoms with Crippen LogP contribution in [0.3, 0.4) is 0 Å². The Kier molecular flexibility index (Phi) is 4.31. The fourth-order valence-corrected chi connectivity index (χ4v) is 3.20. The smallest absolute Gasteiger partial charge is 0.255 e. The van der Waals surface area contributed by atoms with Crippen molar-refractivity contribution in [1.82, 2.24) is 15.0 Å². The van der Waals surface area contributed by atoms with Gasteiger partial charge in [-0.15, -0.1) is 0 Å². The van der Waals surface area contributed by atoms with E-state index in [2.05, 4.69) is 10.1 Å². The molecule has 2 aromatic rings. The summed E-state index contributed by atoms with van der Waals surface area (Å²) in [5.74, 6) is 1.05. The first-order chi connectivity index (χ1) is 10.3. The lowest BCUT2D eigenvalue weighted by atomic mass is 10.0. The maximum atomic E-state index is 12.6. The minimum Gasteiger partial charge on any atom is -0.377 e. The molecule has 1 fully saturated rings. The summed E-state index contributed by atoms with van der Waals surface area (Å²) in [4.78, 5) is 18.8. The third-order valence-electron chi connectivity index (χ3n) is 3.57. The van der Waals surface area contributed by atoms with Crippen LogP contribution in [0.15, 0.2) is 21.3 Å². The number of hydrogen-bond acceptors (Lipinski definition) is 6. The summed E-state index contributed by atoms with van der Waals surface area (Å²) in [6, 6.07) is 1.72. The van der Waals surface area contributed by atoms with Gasteiger partial charge in [-0.25, -0.2) is 0 Å². The summed E-state index contributed by atoms with van der Waals surface area (Å²) in [5.41, 5.74) is 0.725. The van der Waals surface area contributed by atoms with Gasteiger partial charge >= 0.3 is 0 Å². The summed E-state index contributed by atoms with van der Waals surface area (Å²) in [6.45, 7) is 1.04. The zero-order chi connectivity index (χ0) is 14.7. The van der Waals surface area contributed by atoms with Crippen molar-refractivity contribution < 1.29 is 14.1 Å². The molecule has 3 heterocycles. The maximum Gasteiger partial charge on any atom is 0.255 e. The number of aromatic nitrogens is 2. The number of nitrogens with zero attached hydrogens (tertiary/aromatic N) is 3.